The van der Waals surface area contributed by atoms with E-state index in [4.69, 9.17) is 30.0 Å². The molecule has 0 aromatic carbocycles. The first kappa shape index (κ1) is 27.5. The maximum atomic E-state index is 15.2. The number of alkyl halides is 1. The number of anilines is 2. The maximum absolute atomic E-state index is 15.2. The topological polar surface area (TPSA) is 274 Å². The molecule has 0 radical (unpaired) electrons. The van der Waals surface area contributed by atoms with Gasteiger partial charge in [0.25, 0.3) is 5.56 Å². The van der Waals surface area contributed by atoms with Gasteiger partial charge in [0.15, 0.2) is 35.0 Å². The minimum absolute atomic E-state index is 0.0617. The summed E-state index contributed by atoms with van der Waals surface area (Å²) >= 11 is 0. The number of nitrogen functional groups attached to an aromatic ring is 2. The van der Waals surface area contributed by atoms with Crippen LogP contribution in [-0.4, -0.2) is 97.9 Å². The van der Waals surface area contributed by atoms with E-state index in [1.807, 2.05) is 0 Å². The summed E-state index contributed by atoms with van der Waals surface area (Å²) in [5.74, 6) is -0.108. The molecule has 220 valence electrons. The van der Waals surface area contributed by atoms with Gasteiger partial charge in [-0.15, -0.1) is 0 Å². The highest BCUT2D eigenvalue weighted by atomic mass is 31.2. The van der Waals surface area contributed by atoms with E-state index >= 15 is 4.39 Å². The summed E-state index contributed by atoms with van der Waals surface area (Å²) in [6.45, 7) is -1.41. The zero-order chi connectivity index (χ0) is 29.1. The Balaban J connectivity index is 1.17. The van der Waals surface area contributed by atoms with Crippen molar-refractivity contribution in [3.05, 3.63) is 29.3 Å². The normalized spacial score (nSPS) is 29.9. The van der Waals surface area contributed by atoms with Crippen molar-refractivity contribution in [3.63, 3.8) is 0 Å². The van der Waals surface area contributed by atoms with Crippen LogP contribution in [0.5, 0.6) is 0 Å². The molecule has 0 saturated carbocycles. The van der Waals surface area contributed by atoms with E-state index in [1.54, 1.807) is 0 Å². The number of H-pyrrole nitrogens is 1. The van der Waals surface area contributed by atoms with Crippen LogP contribution in [0.3, 0.4) is 0 Å². The number of ether oxygens (including phenoxy) is 2. The molecule has 8 N–H and O–H groups in total. The van der Waals surface area contributed by atoms with Crippen LogP contribution in [0.25, 0.3) is 22.3 Å². The van der Waals surface area contributed by atoms with E-state index in [-0.39, 0.29) is 29.4 Å². The Labute approximate surface area is 227 Å². The maximum Gasteiger partial charge on any atom is 0.472 e. The van der Waals surface area contributed by atoms with Gasteiger partial charge in [-0.3, -0.25) is 28.0 Å². The Morgan fingerprint density at radius 3 is 2.66 bits per heavy atom. The summed E-state index contributed by atoms with van der Waals surface area (Å²) < 4.78 is 52.3. The van der Waals surface area contributed by atoms with Gasteiger partial charge in [0.1, 0.15) is 36.4 Å². The second kappa shape index (κ2) is 10.3. The molecule has 4 aromatic rings. The highest BCUT2D eigenvalue weighted by Crippen LogP contribution is 2.50. The largest absolute Gasteiger partial charge is 0.472 e. The van der Waals surface area contributed by atoms with Crippen LogP contribution in [0.2, 0.25) is 0 Å². The van der Waals surface area contributed by atoms with E-state index < -0.39 is 69.6 Å². The molecule has 6 heterocycles. The molecule has 8 atom stereocenters. The molecule has 41 heavy (non-hydrogen) atoms. The number of halogens is 1. The smallest absolute Gasteiger partial charge is 0.394 e. The molecule has 0 bridgehead atoms. The minimum Gasteiger partial charge on any atom is -0.394 e. The van der Waals surface area contributed by atoms with E-state index in [2.05, 4.69) is 29.9 Å². The number of aliphatic hydroxyl groups excluding tert-OH is 2. The molecule has 6 rings (SSSR count). The van der Waals surface area contributed by atoms with Gasteiger partial charge in [0.05, 0.1) is 32.0 Å². The Hall–Kier alpha value is -3.62. The highest BCUT2D eigenvalue weighted by Gasteiger charge is 2.51. The Morgan fingerprint density at radius 1 is 1.12 bits per heavy atom. The Bertz CT molecular complexity index is 1700. The van der Waals surface area contributed by atoms with Crippen molar-refractivity contribution in [2.45, 2.75) is 49.5 Å². The van der Waals surface area contributed by atoms with E-state index in [1.165, 1.54) is 17.2 Å². The molecule has 19 nitrogen and oxygen atoms in total. The predicted octanol–water partition coefficient (Wildman–Crippen LogP) is -1.50. The molecule has 21 heteroatoms. The zero-order valence-corrected chi connectivity index (χ0v) is 21.7. The van der Waals surface area contributed by atoms with Crippen molar-refractivity contribution in [1.29, 1.82) is 0 Å². The zero-order valence-electron chi connectivity index (χ0n) is 20.8. The van der Waals surface area contributed by atoms with Gasteiger partial charge in [-0.2, -0.15) is 4.98 Å². The molecular formula is C20H24FN10O9P. The number of imidazole rings is 2. The van der Waals surface area contributed by atoms with Crippen molar-refractivity contribution < 1.29 is 42.6 Å². The second-order valence-corrected chi connectivity index (χ2v) is 10.7. The third kappa shape index (κ3) is 4.93. The van der Waals surface area contributed by atoms with Gasteiger partial charge >= 0.3 is 7.82 Å². The molecule has 0 spiro atoms. The molecule has 0 aliphatic carbocycles. The molecule has 2 unspecified atom stereocenters. The van der Waals surface area contributed by atoms with Crippen LogP contribution in [-0.2, 0) is 23.1 Å². The van der Waals surface area contributed by atoms with Crippen molar-refractivity contribution in [2.75, 3.05) is 24.7 Å². The van der Waals surface area contributed by atoms with Crippen LogP contribution in [0.1, 0.15) is 18.9 Å². The molecular weight excluding hydrogens is 574 g/mol. The predicted molar refractivity (Wildman–Crippen MR) is 133 cm³/mol. The second-order valence-electron chi connectivity index (χ2n) is 9.32. The lowest BCUT2D eigenvalue weighted by Crippen LogP contribution is -2.32. The third-order valence-corrected chi connectivity index (χ3v) is 7.71. The van der Waals surface area contributed by atoms with Crippen molar-refractivity contribution >= 4 is 41.9 Å². The first-order valence-corrected chi connectivity index (χ1v) is 13.6. The quantitative estimate of drug-likeness (QED) is 0.126. The molecule has 0 amide bonds. The summed E-state index contributed by atoms with van der Waals surface area (Å²) in [7, 11) is -5.03. The number of nitrogens with two attached hydrogens (primary N) is 2. The first-order valence-electron chi connectivity index (χ1n) is 12.1. The molecule has 2 fully saturated rings. The van der Waals surface area contributed by atoms with Crippen molar-refractivity contribution in [1.82, 2.24) is 39.0 Å². The van der Waals surface area contributed by atoms with Gasteiger partial charge in [0.2, 0.25) is 5.95 Å². The number of rotatable bonds is 8. The fraction of sp³-hybridized carbons (Fsp3) is 0.500. The van der Waals surface area contributed by atoms with Crippen molar-refractivity contribution in [2.24, 2.45) is 0 Å². The lowest BCUT2D eigenvalue weighted by molar-refractivity contribution is -0.0593. The number of nitrogens with zero attached hydrogens (tertiary/aromatic N) is 7. The third-order valence-electron chi connectivity index (χ3n) is 6.73. The molecule has 4 aromatic heterocycles. The van der Waals surface area contributed by atoms with E-state index in [9.17, 15) is 24.5 Å². The lowest BCUT2D eigenvalue weighted by atomic mass is 10.1. The SMILES string of the molecule is Nc1nc2c(ncn2[C@@H]2O[C@H](CO)C(F)[C@@H]2OP(=O)(O)OC[C@H]2O[C@@H](n3cnc4c(N)ncnc43)C[C@H]2O)c(=O)[nH]1. The number of aliphatic hydroxyl groups is 2. The standard InChI is InChI=1S/C20H24FN10O9P/c21-11-8(2-32)39-19(31-6-27-13-17(31)28-20(23)29-18(13)34)14(11)40-41(35,36)37-3-9-7(33)1-10(38-9)30-5-26-12-15(22)24-4-25-16(12)30/h4-11,14,19,32-33H,1-3H2,(H,35,36)(H2,22,24,25)(H3,23,28,29,34)/t7-,8-,9-,10-,11?,14+,19-/m1/s1. The number of hydrogen-bond donors (Lipinski definition) is 6. The van der Waals surface area contributed by atoms with Crippen LogP contribution in [0.4, 0.5) is 16.2 Å². The lowest BCUT2D eigenvalue weighted by Gasteiger charge is -2.24. The van der Waals surface area contributed by atoms with Gasteiger partial charge in [-0.05, 0) is 0 Å². The first-order chi connectivity index (χ1) is 19.6. The highest BCUT2D eigenvalue weighted by molar-refractivity contribution is 7.47. The number of phosphoric ester groups is 1. The Morgan fingerprint density at radius 2 is 1.88 bits per heavy atom. The summed E-state index contributed by atoms with van der Waals surface area (Å²) in [4.78, 5) is 44.9. The van der Waals surface area contributed by atoms with E-state index in [0.717, 1.165) is 10.9 Å². The molecule has 2 saturated heterocycles. The monoisotopic (exact) mass is 598 g/mol. The van der Waals surface area contributed by atoms with Crippen molar-refractivity contribution in [3.8, 4) is 0 Å². The van der Waals surface area contributed by atoms with Gasteiger partial charge in [-0.1, -0.05) is 0 Å². The number of nitrogens with one attached hydrogen (secondary N) is 1. The van der Waals surface area contributed by atoms with Crippen LogP contribution < -0.4 is 17.0 Å². The van der Waals surface area contributed by atoms with Crippen LogP contribution >= 0.6 is 7.82 Å². The summed E-state index contributed by atoms with van der Waals surface area (Å²) in [6.07, 6.45) is -6.03. The van der Waals surface area contributed by atoms with E-state index in [0.29, 0.717) is 11.2 Å². The average Bonchev–Trinajstić information content (AvgIpc) is 3.69. The summed E-state index contributed by atoms with van der Waals surface area (Å²) in [5, 5.41) is 20.1. The summed E-state index contributed by atoms with van der Waals surface area (Å²) in [5.41, 5.74) is 11.2. The minimum atomic E-state index is -5.03. The van der Waals surface area contributed by atoms with Gasteiger partial charge < -0.3 is 36.0 Å². The molecule has 2 aliphatic rings. The fourth-order valence-electron chi connectivity index (χ4n) is 4.78. The van der Waals surface area contributed by atoms with Crippen LogP contribution in [0.15, 0.2) is 23.8 Å². The summed E-state index contributed by atoms with van der Waals surface area (Å²) in [6, 6.07) is 0. The fourth-order valence-corrected chi connectivity index (χ4v) is 5.70. The average molecular weight is 598 g/mol. The number of fused-ring (bicyclic) bond motifs is 2. The van der Waals surface area contributed by atoms with Crippen LogP contribution in [0, 0.1) is 0 Å². The number of aromatic amines is 1. The van der Waals surface area contributed by atoms with Gasteiger partial charge in [0, 0.05) is 6.42 Å². The molecule has 2 aliphatic heterocycles. The Kier molecular flexibility index (Phi) is 6.94. The number of hydrogen-bond acceptors (Lipinski definition) is 15. The van der Waals surface area contributed by atoms with Gasteiger partial charge in [-0.25, -0.2) is 28.9 Å². The number of aromatic nitrogens is 8. The number of phosphoric acid groups is 1.